The number of hydrogen-bond acceptors (Lipinski definition) is 2. The second kappa shape index (κ2) is 6.19. The van der Waals surface area contributed by atoms with Crippen LogP contribution in [0.15, 0.2) is 0 Å². The molecule has 0 heterocycles. The lowest BCUT2D eigenvalue weighted by atomic mass is 9.72. The molecule has 0 saturated heterocycles. The van der Waals surface area contributed by atoms with Crippen LogP contribution in [0.1, 0.15) is 58.8 Å². The minimum atomic E-state index is 0.449. The molecule has 2 heteroatoms. The maximum absolute atomic E-state index is 6.40. The van der Waals surface area contributed by atoms with Crippen molar-refractivity contribution in [2.24, 2.45) is 23.5 Å². The van der Waals surface area contributed by atoms with Gasteiger partial charge in [0, 0.05) is 12.6 Å². The molecule has 3 atom stereocenters. The summed E-state index contributed by atoms with van der Waals surface area (Å²) >= 11 is 0. The first-order chi connectivity index (χ1) is 8.19. The third-order valence-electron chi connectivity index (χ3n) is 4.78. The van der Waals surface area contributed by atoms with Crippen LogP contribution in [0, 0.1) is 17.8 Å². The monoisotopic (exact) mass is 239 g/mol. The summed E-state index contributed by atoms with van der Waals surface area (Å²) in [6.07, 6.45) is 9.83. The zero-order chi connectivity index (χ0) is 12.3. The molecule has 2 aliphatic carbocycles. The molecular formula is C15H29NO. The Bertz CT molecular complexity index is 225. The predicted octanol–water partition coefficient (Wildman–Crippen LogP) is 3.35. The minimum Gasteiger partial charge on any atom is -0.378 e. The second-order valence-electron chi connectivity index (χ2n) is 6.35. The summed E-state index contributed by atoms with van der Waals surface area (Å²) < 4.78 is 5.61. The molecule has 0 radical (unpaired) electrons. The van der Waals surface area contributed by atoms with Crippen LogP contribution in [0.5, 0.6) is 0 Å². The van der Waals surface area contributed by atoms with Crippen molar-refractivity contribution in [3.05, 3.63) is 0 Å². The molecule has 2 nitrogen and oxygen atoms in total. The maximum atomic E-state index is 6.40. The van der Waals surface area contributed by atoms with Crippen molar-refractivity contribution in [3.63, 3.8) is 0 Å². The van der Waals surface area contributed by atoms with Gasteiger partial charge in [-0.25, -0.2) is 0 Å². The summed E-state index contributed by atoms with van der Waals surface area (Å²) in [5.74, 6) is 2.54. The Morgan fingerprint density at radius 3 is 2.65 bits per heavy atom. The predicted molar refractivity (Wildman–Crippen MR) is 71.9 cm³/mol. The molecule has 17 heavy (non-hydrogen) atoms. The average Bonchev–Trinajstić information content (AvgIpc) is 2.26. The van der Waals surface area contributed by atoms with Crippen molar-refractivity contribution in [2.45, 2.75) is 70.9 Å². The second-order valence-corrected chi connectivity index (χ2v) is 6.35. The van der Waals surface area contributed by atoms with Gasteiger partial charge in [-0.2, -0.15) is 0 Å². The number of rotatable bonds is 5. The van der Waals surface area contributed by atoms with Crippen LogP contribution in [0.25, 0.3) is 0 Å². The lowest BCUT2D eigenvalue weighted by Gasteiger charge is -2.39. The van der Waals surface area contributed by atoms with Crippen molar-refractivity contribution in [1.29, 1.82) is 0 Å². The summed E-state index contributed by atoms with van der Waals surface area (Å²) in [7, 11) is 0. The SMILES string of the molecule is CCOC1CC(CC(N)C2CCCC(C)C2)C1. The first-order valence-electron chi connectivity index (χ1n) is 7.56. The maximum Gasteiger partial charge on any atom is 0.0580 e. The highest BCUT2D eigenvalue weighted by Crippen LogP contribution is 2.37. The van der Waals surface area contributed by atoms with Crippen molar-refractivity contribution >= 4 is 0 Å². The van der Waals surface area contributed by atoms with Gasteiger partial charge in [-0.05, 0) is 56.8 Å². The first-order valence-corrected chi connectivity index (χ1v) is 7.56. The molecule has 0 amide bonds. The molecule has 3 unspecified atom stereocenters. The van der Waals surface area contributed by atoms with Crippen LogP contribution in [0.3, 0.4) is 0 Å². The van der Waals surface area contributed by atoms with Gasteiger partial charge in [0.1, 0.15) is 0 Å². The lowest BCUT2D eigenvalue weighted by Crippen LogP contribution is -2.40. The largest absolute Gasteiger partial charge is 0.378 e. The highest BCUT2D eigenvalue weighted by atomic mass is 16.5. The number of ether oxygens (including phenoxy) is 1. The van der Waals surface area contributed by atoms with E-state index < -0.39 is 0 Å². The smallest absolute Gasteiger partial charge is 0.0580 e. The van der Waals surface area contributed by atoms with Crippen LogP contribution < -0.4 is 5.73 Å². The number of hydrogen-bond donors (Lipinski definition) is 1. The molecule has 2 N–H and O–H groups in total. The van der Waals surface area contributed by atoms with Crippen LogP contribution in [-0.4, -0.2) is 18.8 Å². The zero-order valence-electron chi connectivity index (χ0n) is 11.5. The van der Waals surface area contributed by atoms with E-state index in [2.05, 4.69) is 13.8 Å². The van der Waals surface area contributed by atoms with E-state index in [0.717, 1.165) is 24.4 Å². The molecule has 0 aromatic heterocycles. The van der Waals surface area contributed by atoms with Crippen LogP contribution in [0.4, 0.5) is 0 Å². The van der Waals surface area contributed by atoms with Gasteiger partial charge >= 0.3 is 0 Å². The van der Waals surface area contributed by atoms with E-state index in [-0.39, 0.29) is 0 Å². The summed E-state index contributed by atoms with van der Waals surface area (Å²) in [5, 5.41) is 0. The molecule has 0 aliphatic heterocycles. The van der Waals surface area contributed by atoms with Crippen LogP contribution in [0.2, 0.25) is 0 Å². The van der Waals surface area contributed by atoms with E-state index in [1.165, 1.54) is 44.9 Å². The molecule has 0 bridgehead atoms. The Morgan fingerprint density at radius 1 is 1.24 bits per heavy atom. The summed E-state index contributed by atoms with van der Waals surface area (Å²) in [6, 6.07) is 0.449. The molecule has 0 aromatic carbocycles. The Kier molecular flexibility index (Phi) is 4.87. The van der Waals surface area contributed by atoms with Crippen molar-refractivity contribution in [1.82, 2.24) is 0 Å². The standard InChI is InChI=1S/C15H29NO/c1-3-17-14-8-12(9-14)10-15(16)13-6-4-5-11(2)7-13/h11-15H,3-10,16H2,1-2H3. The molecule has 0 spiro atoms. The van der Waals surface area contributed by atoms with Gasteiger partial charge in [0.2, 0.25) is 0 Å². The molecule has 2 rings (SSSR count). The van der Waals surface area contributed by atoms with E-state index in [1.54, 1.807) is 0 Å². The van der Waals surface area contributed by atoms with E-state index >= 15 is 0 Å². The normalized spacial score (nSPS) is 39.7. The number of nitrogens with two attached hydrogens (primary N) is 1. The fraction of sp³-hybridized carbons (Fsp3) is 1.00. The molecular weight excluding hydrogens is 210 g/mol. The van der Waals surface area contributed by atoms with Crippen molar-refractivity contribution in [3.8, 4) is 0 Å². The molecule has 100 valence electrons. The van der Waals surface area contributed by atoms with Crippen molar-refractivity contribution in [2.75, 3.05) is 6.61 Å². The van der Waals surface area contributed by atoms with Crippen LogP contribution in [-0.2, 0) is 4.74 Å². The van der Waals surface area contributed by atoms with E-state index in [1.807, 2.05) is 0 Å². The van der Waals surface area contributed by atoms with Gasteiger partial charge in [-0.1, -0.05) is 19.8 Å². The minimum absolute atomic E-state index is 0.449. The van der Waals surface area contributed by atoms with Gasteiger partial charge in [-0.15, -0.1) is 0 Å². The quantitative estimate of drug-likeness (QED) is 0.798. The van der Waals surface area contributed by atoms with Gasteiger partial charge in [0.25, 0.3) is 0 Å². The first kappa shape index (κ1) is 13.4. The van der Waals surface area contributed by atoms with Crippen molar-refractivity contribution < 1.29 is 4.74 Å². The average molecular weight is 239 g/mol. The highest BCUT2D eigenvalue weighted by Gasteiger charge is 2.33. The fourth-order valence-corrected chi connectivity index (χ4v) is 3.69. The topological polar surface area (TPSA) is 35.2 Å². The summed E-state index contributed by atoms with van der Waals surface area (Å²) in [6.45, 7) is 5.33. The molecule has 2 saturated carbocycles. The van der Waals surface area contributed by atoms with Gasteiger partial charge in [0.05, 0.1) is 6.10 Å². The highest BCUT2D eigenvalue weighted by molar-refractivity contribution is 4.87. The Balaban J connectivity index is 1.66. The molecule has 2 fully saturated rings. The molecule has 0 aromatic rings. The zero-order valence-corrected chi connectivity index (χ0v) is 11.5. The third kappa shape index (κ3) is 3.69. The van der Waals surface area contributed by atoms with Gasteiger partial charge < -0.3 is 10.5 Å². The summed E-state index contributed by atoms with van der Waals surface area (Å²) in [4.78, 5) is 0. The lowest BCUT2D eigenvalue weighted by molar-refractivity contribution is -0.0302. The van der Waals surface area contributed by atoms with Gasteiger partial charge in [0.15, 0.2) is 0 Å². The Labute approximate surface area is 106 Å². The molecule has 2 aliphatic rings. The van der Waals surface area contributed by atoms with E-state index in [4.69, 9.17) is 10.5 Å². The van der Waals surface area contributed by atoms with E-state index in [9.17, 15) is 0 Å². The third-order valence-corrected chi connectivity index (χ3v) is 4.78. The Morgan fingerprint density at radius 2 is 2.00 bits per heavy atom. The van der Waals surface area contributed by atoms with Gasteiger partial charge in [-0.3, -0.25) is 0 Å². The summed E-state index contributed by atoms with van der Waals surface area (Å²) in [5.41, 5.74) is 6.40. The van der Waals surface area contributed by atoms with E-state index in [0.29, 0.717) is 12.1 Å². The Hall–Kier alpha value is -0.0800. The van der Waals surface area contributed by atoms with Crippen LogP contribution >= 0.6 is 0 Å². The fourth-order valence-electron chi connectivity index (χ4n) is 3.69.